The molecule has 2 rings (SSSR count). The molecule has 116 valence electrons. The fraction of sp³-hybridized carbons (Fsp3) is 0.231. The van der Waals surface area contributed by atoms with Gasteiger partial charge in [-0.05, 0) is 25.1 Å². The van der Waals surface area contributed by atoms with Crippen molar-refractivity contribution < 1.29 is 18.4 Å². The van der Waals surface area contributed by atoms with Crippen molar-refractivity contribution in [1.29, 1.82) is 0 Å². The third kappa shape index (κ3) is 4.08. The Kier molecular flexibility index (Phi) is 4.77. The molecule has 2 aromatic rings. The average Bonchev–Trinajstić information content (AvgIpc) is 2.45. The summed E-state index contributed by atoms with van der Waals surface area (Å²) in [4.78, 5) is 18.2. The van der Waals surface area contributed by atoms with Crippen LogP contribution in [0.2, 0.25) is 0 Å². The third-order valence-electron chi connectivity index (χ3n) is 2.73. The first-order chi connectivity index (χ1) is 10.5. The number of hydrogen-bond donors (Lipinski definition) is 1. The first kappa shape index (κ1) is 15.5. The molecule has 0 saturated carbocycles. The van der Waals surface area contributed by atoms with E-state index in [4.69, 9.17) is 0 Å². The molecule has 0 atom stereocenters. The Morgan fingerprint density at radius 1 is 1.36 bits per heavy atom. The van der Waals surface area contributed by atoms with Gasteiger partial charge >= 0.3 is 6.61 Å². The van der Waals surface area contributed by atoms with E-state index in [1.165, 1.54) is 37.4 Å². The van der Waals surface area contributed by atoms with Gasteiger partial charge in [0.05, 0.1) is 23.4 Å². The van der Waals surface area contributed by atoms with Crippen LogP contribution in [0.15, 0.2) is 30.5 Å². The van der Waals surface area contributed by atoms with Crippen molar-refractivity contribution in [2.24, 2.45) is 0 Å². The Labute approximate surface area is 124 Å². The molecule has 0 fully saturated rings. The molecule has 22 heavy (non-hydrogen) atoms. The molecule has 2 heterocycles. The maximum atomic E-state index is 12.0. The minimum Gasteiger partial charge on any atom is -0.433 e. The van der Waals surface area contributed by atoms with Gasteiger partial charge in [-0.15, -0.1) is 0 Å². The maximum absolute atomic E-state index is 12.0. The minimum atomic E-state index is -2.89. The van der Waals surface area contributed by atoms with Crippen LogP contribution in [0.1, 0.15) is 11.4 Å². The topological polar surface area (TPSA) is 90.2 Å². The summed E-state index contributed by atoms with van der Waals surface area (Å²) in [6, 6.07) is 5.75. The molecule has 0 radical (unpaired) electrons. The molecule has 0 bridgehead atoms. The molecular weight excluding hydrogens is 298 g/mol. The Bertz CT molecular complexity index is 665. The van der Waals surface area contributed by atoms with Crippen LogP contribution in [0.4, 0.5) is 20.3 Å². The van der Waals surface area contributed by atoms with Gasteiger partial charge in [0.25, 0.3) is 5.69 Å². The minimum absolute atomic E-state index is 0.0249. The van der Waals surface area contributed by atoms with Gasteiger partial charge in [0.15, 0.2) is 0 Å². The zero-order valence-corrected chi connectivity index (χ0v) is 11.5. The van der Waals surface area contributed by atoms with E-state index in [0.717, 1.165) is 0 Å². The van der Waals surface area contributed by atoms with Gasteiger partial charge in [0, 0.05) is 6.07 Å². The highest BCUT2D eigenvalue weighted by Gasteiger charge is 2.11. The summed E-state index contributed by atoms with van der Waals surface area (Å²) in [6.07, 6.45) is 1.19. The molecular formula is C13H12F2N4O3. The number of nitrogens with one attached hydrogen (secondary N) is 1. The standard InChI is InChI=1S/C13H12F2N4O3/c1-8-11(19(20)21)4-5-12(18-8)17-6-9-2-3-10(7-16-9)22-13(14)15/h2-5,7,13H,6H2,1H3,(H,17,18). The van der Waals surface area contributed by atoms with E-state index in [9.17, 15) is 18.9 Å². The van der Waals surface area contributed by atoms with Crippen LogP contribution in [0, 0.1) is 17.0 Å². The van der Waals surface area contributed by atoms with Crippen LogP contribution in [0.3, 0.4) is 0 Å². The molecule has 2 aromatic heterocycles. The molecule has 0 aliphatic carbocycles. The Balaban J connectivity index is 1.98. The first-order valence-electron chi connectivity index (χ1n) is 6.21. The van der Waals surface area contributed by atoms with E-state index < -0.39 is 11.5 Å². The van der Waals surface area contributed by atoms with Crippen molar-refractivity contribution in [2.45, 2.75) is 20.1 Å². The number of nitro groups is 1. The zero-order valence-electron chi connectivity index (χ0n) is 11.5. The normalized spacial score (nSPS) is 10.5. The number of anilines is 1. The van der Waals surface area contributed by atoms with Crippen molar-refractivity contribution in [3.8, 4) is 5.75 Å². The van der Waals surface area contributed by atoms with E-state index in [0.29, 0.717) is 23.8 Å². The highest BCUT2D eigenvalue weighted by Crippen LogP contribution is 2.18. The van der Waals surface area contributed by atoms with Gasteiger partial charge in [0.2, 0.25) is 0 Å². The molecule has 0 aliphatic rings. The van der Waals surface area contributed by atoms with Crippen LogP contribution < -0.4 is 10.1 Å². The van der Waals surface area contributed by atoms with Gasteiger partial charge in [-0.2, -0.15) is 8.78 Å². The summed E-state index contributed by atoms with van der Waals surface area (Å²) in [6.45, 7) is -1.06. The predicted octanol–water partition coefficient (Wildman–Crippen LogP) is 2.91. The highest BCUT2D eigenvalue weighted by atomic mass is 19.3. The summed E-state index contributed by atoms with van der Waals surface area (Å²) in [5.74, 6) is 0.431. The zero-order chi connectivity index (χ0) is 16.1. The second-order valence-corrected chi connectivity index (χ2v) is 4.28. The second-order valence-electron chi connectivity index (χ2n) is 4.28. The van der Waals surface area contributed by atoms with Crippen LogP contribution in [0.25, 0.3) is 0 Å². The molecule has 0 spiro atoms. The number of pyridine rings is 2. The van der Waals surface area contributed by atoms with E-state index >= 15 is 0 Å². The number of nitrogens with zero attached hydrogens (tertiary/aromatic N) is 3. The quantitative estimate of drug-likeness (QED) is 0.651. The molecule has 7 nitrogen and oxygen atoms in total. The molecule has 0 saturated heterocycles. The fourth-order valence-electron chi connectivity index (χ4n) is 1.71. The Morgan fingerprint density at radius 2 is 2.14 bits per heavy atom. The van der Waals surface area contributed by atoms with E-state index in [1.807, 2.05) is 0 Å². The molecule has 1 N–H and O–H groups in total. The monoisotopic (exact) mass is 310 g/mol. The number of aryl methyl sites for hydroxylation is 1. The Hall–Kier alpha value is -2.84. The summed E-state index contributed by atoms with van der Waals surface area (Å²) in [5, 5.41) is 13.6. The Morgan fingerprint density at radius 3 is 2.68 bits per heavy atom. The summed E-state index contributed by atoms with van der Waals surface area (Å²) in [5.41, 5.74) is 0.820. The van der Waals surface area contributed by atoms with Crippen LogP contribution in [-0.4, -0.2) is 21.5 Å². The molecule has 0 amide bonds. The van der Waals surface area contributed by atoms with Gasteiger partial charge in [-0.25, -0.2) is 4.98 Å². The number of ether oxygens (including phenoxy) is 1. The summed E-state index contributed by atoms with van der Waals surface area (Å²) < 4.78 is 28.2. The summed E-state index contributed by atoms with van der Waals surface area (Å²) >= 11 is 0. The van der Waals surface area contributed by atoms with Crippen LogP contribution in [-0.2, 0) is 6.54 Å². The third-order valence-corrected chi connectivity index (χ3v) is 2.73. The van der Waals surface area contributed by atoms with Gasteiger partial charge in [-0.3, -0.25) is 15.1 Å². The van der Waals surface area contributed by atoms with E-state index in [2.05, 4.69) is 20.0 Å². The predicted molar refractivity (Wildman–Crippen MR) is 73.8 cm³/mol. The van der Waals surface area contributed by atoms with E-state index in [1.54, 1.807) is 0 Å². The summed E-state index contributed by atoms with van der Waals surface area (Å²) in [7, 11) is 0. The first-order valence-corrected chi connectivity index (χ1v) is 6.21. The van der Waals surface area contributed by atoms with Gasteiger partial charge in [-0.1, -0.05) is 0 Å². The smallest absolute Gasteiger partial charge is 0.387 e. The number of alkyl halides is 2. The fourth-order valence-corrected chi connectivity index (χ4v) is 1.71. The van der Waals surface area contributed by atoms with Crippen molar-refractivity contribution in [2.75, 3.05) is 5.32 Å². The van der Waals surface area contributed by atoms with Crippen LogP contribution in [0.5, 0.6) is 5.75 Å². The second kappa shape index (κ2) is 6.74. The highest BCUT2D eigenvalue weighted by molar-refractivity contribution is 5.45. The number of aromatic nitrogens is 2. The van der Waals surface area contributed by atoms with Crippen molar-refractivity contribution in [3.05, 3.63) is 52.0 Å². The lowest BCUT2D eigenvalue weighted by atomic mass is 10.3. The average molecular weight is 310 g/mol. The lowest BCUT2D eigenvalue weighted by molar-refractivity contribution is -0.385. The van der Waals surface area contributed by atoms with Crippen LogP contribution >= 0.6 is 0 Å². The SMILES string of the molecule is Cc1nc(NCc2ccc(OC(F)F)cn2)ccc1[N+](=O)[O-]. The maximum Gasteiger partial charge on any atom is 0.387 e. The largest absolute Gasteiger partial charge is 0.433 e. The molecule has 0 aromatic carbocycles. The van der Waals surface area contributed by atoms with Crippen molar-refractivity contribution in [3.63, 3.8) is 0 Å². The number of halogens is 2. The lowest BCUT2D eigenvalue weighted by Gasteiger charge is -2.07. The lowest BCUT2D eigenvalue weighted by Crippen LogP contribution is -2.06. The van der Waals surface area contributed by atoms with Gasteiger partial charge < -0.3 is 10.1 Å². The molecule has 0 aliphatic heterocycles. The van der Waals surface area contributed by atoms with Crippen molar-refractivity contribution in [1.82, 2.24) is 9.97 Å². The number of hydrogen-bond acceptors (Lipinski definition) is 6. The molecule has 0 unspecified atom stereocenters. The van der Waals surface area contributed by atoms with E-state index in [-0.39, 0.29) is 11.4 Å². The molecule has 9 heteroatoms. The van der Waals surface area contributed by atoms with Crippen molar-refractivity contribution >= 4 is 11.5 Å². The number of rotatable bonds is 6. The van der Waals surface area contributed by atoms with Gasteiger partial charge in [0.1, 0.15) is 17.3 Å².